The van der Waals surface area contributed by atoms with Crippen molar-refractivity contribution >= 4 is 23.4 Å². The topological polar surface area (TPSA) is 0 Å². The first-order valence-corrected chi connectivity index (χ1v) is 5.22. The SMILES string of the molecule is CCC(C)SCC=CCCl. The number of halogens is 1. The van der Waals surface area contributed by atoms with Crippen LogP contribution in [0.2, 0.25) is 0 Å². The van der Waals surface area contributed by atoms with E-state index in [1.165, 1.54) is 6.42 Å². The predicted octanol–water partition coefficient (Wildman–Crippen LogP) is 3.31. The minimum Gasteiger partial charge on any atom is -0.155 e. The molecule has 1 atom stereocenters. The monoisotopic (exact) mass is 178 g/mol. The van der Waals surface area contributed by atoms with Crippen molar-refractivity contribution in [2.75, 3.05) is 11.6 Å². The minimum absolute atomic E-state index is 0.640. The summed E-state index contributed by atoms with van der Waals surface area (Å²) in [6, 6.07) is 0. The molecule has 0 N–H and O–H groups in total. The van der Waals surface area contributed by atoms with Crippen molar-refractivity contribution < 1.29 is 0 Å². The van der Waals surface area contributed by atoms with E-state index in [1.54, 1.807) is 0 Å². The molecule has 0 aliphatic carbocycles. The highest BCUT2D eigenvalue weighted by molar-refractivity contribution is 8.00. The van der Waals surface area contributed by atoms with Crippen LogP contribution < -0.4 is 0 Å². The van der Waals surface area contributed by atoms with Crippen LogP contribution >= 0.6 is 23.4 Å². The van der Waals surface area contributed by atoms with E-state index in [2.05, 4.69) is 19.9 Å². The van der Waals surface area contributed by atoms with Crippen LogP contribution in [-0.4, -0.2) is 16.9 Å². The molecule has 0 fully saturated rings. The fourth-order valence-electron chi connectivity index (χ4n) is 0.469. The van der Waals surface area contributed by atoms with Gasteiger partial charge in [-0.15, -0.1) is 11.6 Å². The van der Waals surface area contributed by atoms with E-state index >= 15 is 0 Å². The van der Waals surface area contributed by atoms with Gasteiger partial charge in [-0.1, -0.05) is 26.0 Å². The van der Waals surface area contributed by atoms with Gasteiger partial charge in [0.25, 0.3) is 0 Å². The molecule has 0 aliphatic rings. The van der Waals surface area contributed by atoms with E-state index in [-0.39, 0.29) is 0 Å². The molecule has 0 heterocycles. The largest absolute Gasteiger partial charge is 0.155 e. The molecule has 0 radical (unpaired) electrons. The number of allylic oxidation sites excluding steroid dienone is 1. The zero-order chi connectivity index (χ0) is 7.82. The lowest BCUT2D eigenvalue weighted by atomic mass is 10.4. The summed E-state index contributed by atoms with van der Waals surface area (Å²) >= 11 is 7.43. The Morgan fingerprint density at radius 3 is 2.70 bits per heavy atom. The Bertz CT molecular complexity index is 91.3. The highest BCUT2D eigenvalue weighted by Crippen LogP contribution is 2.12. The normalized spacial score (nSPS) is 14.3. The maximum absolute atomic E-state index is 5.45. The third-order valence-electron chi connectivity index (χ3n) is 1.31. The first-order chi connectivity index (χ1) is 4.81. The molecule has 60 valence electrons. The lowest BCUT2D eigenvalue weighted by Gasteiger charge is -2.03. The van der Waals surface area contributed by atoms with Crippen molar-refractivity contribution in [2.45, 2.75) is 25.5 Å². The number of hydrogen-bond acceptors (Lipinski definition) is 1. The zero-order valence-electron chi connectivity index (χ0n) is 6.64. The Morgan fingerprint density at radius 1 is 1.50 bits per heavy atom. The van der Waals surface area contributed by atoms with E-state index in [0.29, 0.717) is 5.88 Å². The van der Waals surface area contributed by atoms with Gasteiger partial charge >= 0.3 is 0 Å². The molecular formula is C8H15ClS. The lowest BCUT2D eigenvalue weighted by molar-refractivity contribution is 0.907. The average molecular weight is 179 g/mol. The number of alkyl halides is 1. The fraction of sp³-hybridized carbons (Fsp3) is 0.750. The Balaban J connectivity index is 3.10. The molecule has 0 aliphatic heterocycles. The standard InChI is InChI=1S/C8H15ClS/c1-3-8(2)10-7-5-4-6-9/h4-5,8H,3,6-7H2,1-2H3. The van der Waals surface area contributed by atoms with Crippen LogP contribution in [0.3, 0.4) is 0 Å². The summed E-state index contributed by atoms with van der Waals surface area (Å²) in [6.45, 7) is 4.46. The van der Waals surface area contributed by atoms with Gasteiger partial charge in [0.1, 0.15) is 0 Å². The molecular weight excluding hydrogens is 164 g/mol. The molecule has 0 amide bonds. The quantitative estimate of drug-likeness (QED) is 0.460. The van der Waals surface area contributed by atoms with Gasteiger partial charge in [-0.3, -0.25) is 0 Å². The summed E-state index contributed by atoms with van der Waals surface area (Å²) in [5, 5.41) is 0.778. The molecule has 2 heteroatoms. The molecule has 0 spiro atoms. The number of rotatable bonds is 5. The number of hydrogen-bond donors (Lipinski definition) is 0. The molecule has 0 saturated heterocycles. The second kappa shape index (κ2) is 7.49. The Morgan fingerprint density at radius 2 is 2.20 bits per heavy atom. The van der Waals surface area contributed by atoms with Gasteiger partial charge in [0.05, 0.1) is 0 Å². The van der Waals surface area contributed by atoms with Crippen LogP contribution in [0, 0.1) is 0 Å². The molecule has 0 aromatic rings. The molecule has 0 saturated carbocycles. The van der Waals surface area contributed by atoms with Crippen LogP contribution in [0.1, 0.15) is 20.3 Å². The van der Waals surface area contributed by atoms with Crippen molar-refractivity contribution in [3.63, 3.8) is 0 Å². The Labute approximate surface area is 73.0 Å². The van der Waals surface area contributed by atoms with E-state index in [4.69, 9.17) is 11.6 Å². The van der Waals surface area contributed by atoms with Crippen molar-refractivity contribution in [3.05, 3.63) is 12.2 Å². The maximum atomic E-state index is 5.45. The second-order valence-corrected chi connectivity index (χ2v) is 3.96. The molecule has 0 nitrogen and oxygen atoms in total. The second-order valence-electron chi connectivity index (χ2n) is 2.18. The van der Waals surface area contributed by atoms with Gasteiger partial charge in [0.2, 0.25) is 0 Å². The third-order valence-corrected chi connectivity index (χ3v) is 2.77. The summed E-state index contributed by atoms with van der Waals surface area (Å²) in [4.78, 5) is 0. The van der Waals surface area contributed by atoms with Gasteiger partial charge in [0, 0.05) is 16.9 Å². The molecule has 0 aromatic carbocycles. The zero-order valence-corrected chi connectivity index (χ0v) is 8.21. The molecule has 0 rings (SSSR count). The van der Waals surface area contributed by atoms with Gasteiger partial charge in [-0.25, -0.2) is 0 Å². The average Bonchev–Trinajstić information content (AvgIpc) is 1.98. The molecule has 0 bridgehead atoms. The summed E-state index contributed by atoms with van der Waals surface area (Å²) in [5.74, 6) is 1.74. The van der Waals surface area contributed by atoms with Crippen LogP contribution in [0.5, 0.6) is 0 Å². The van der Waals surface area contributed by atoms with Gasteiger partial charge in [-0.2, -0.15) is 11.8 Å². The van der Waals surface area contributed by atoms with E-state index in [9.17, 15) is 0 Å². The molecule has 1 unspecified atom stereocenters. The van der Waals surface area contributed by atoms with Crippen molar-refractivity contribution in [3.8, 4) is 0 Å². The summed E-state index contributed by atoms with van der Waals surface area (Å²) in [5.41, 5.74) is 0. The van der Waals surface area contributed by atoms with Gasteiger partial charge in [0.15, 0.2) is 0 Å². The number of thioether (sulfide) groups is 1. The minimum atomic E-state index is 0.640. The van der Waals surface area contributed by atoms with Crippen molar-refractivity contribution in [1.29, 1.82) is 0 Å². The predicted molar refractivity (Wildman–Crippen MR) is 52.1 cm³/mol. The van der Waals surface area contributed by atoms with Crippen LogP contribution in [0.25, 0.3) is 0 Å². The van der Waals surface area contributed by atoms with E-state index < -0.39 is 0 Å². The summed E-state index contributed by atoms with van der Waals surface area (Å²) in [6.07, 6.45) is 5.38. The van der Waals surface area contributed by atoms with Crippen molar-refractivity contribution in [2.24, 2.45) is 0 Å². The first-order valence-electron chi connectivity index (χ1n) is 3.63. The Hall–Kier alpha value is 0.380. The van der Waals surface area contributed by atoms with Crippen LogP contribution in [0.4, 0.5) is 0 Å². The third kappa shape index (κ3) is 6.50. The lowest BCUT2D eigenvalue weighted by Crippen LogP contribution is -1.92. The molecule has 10 heavy (non-hydrogen) atoms. The Kier molecular flexibility index (Phi) is 7.77. The first kappa shape index (κ1) is 10.4. The summed E-state index contributed by atoms with van der Waals surface area (Å²) < 4.78 is 0. The van der Waals surface area contributed by atoms with Crippen LogP contribution in [-0.2, 0) is 0 Å². The molecule has 0 aromatic heterocycles. The highest BCUT2D eigenvalue weighted by Gasteiger charge is 1.94. The van der Waals surface area contributed by atoms with E-state index in [0.717, 1.165) is 11.0 Å². The van der Waals surface area contributed by atoms with E-state index in [1.807, 2.05) is 17.8 Å². The fourth-order valence-corrected chi connectivity index (χ4v) is 1.41. The summed E-state index contributed by atoms with van der Waals surface area (Å²) in [7, 11) is 0. The highest BCUT2D eigenvalue weighted by atomic mass is 35.5. The smallest absolute Gasteiger partial charge is 0.0404 e. The maximum Gasteiger partial charge on any atom is 0.0404 e. The van der Waals surface area contributed by atoms with Gasteiger partial charge in [-0.05, 0) is 6.42 Å². The van der Waals surface area contributed by atoms with Crippen LogP contribution in [0.15, 0.2) is 12.2 Å². The van der Waals surface area contributed by atoms with Crippen molar-refractivity contribution in [1.82, 2.24) is 0 Å². The van der Waals surface area contributed by atoms with Gasteiger partial charge < -0.3 is 0 Å².